The number of nitrogens with zero attached hydrogens (tertiary/aromatic N) is 2. The fourth-order valence-corrected chi connectivity index (χ4v) is 8.51. The molecule has 0 amide bonds. The second-order valence-electron chi connectivity index (χ2n) is 13.8. The highest BCUT2D eigenvalue weighted by Crippen LogP contribution is 2.20. The summed E-state index contributed by atoms with van der Waals surface area (Å²) in [5.41, 5.74) is 0. The van der Waals surface area contributed by atoms with Crippen LogP contribution in [-0.2, 0) is 13.3 Å². The van der Waals surface area contributed by atoms with E-state index in [0.29, 0.717) is 65.4 Å². The highest BCUT2D eigenvalue weighted by molar-refractivity contribution is 8.70. The molecule has 4 aromatic carbocycles. The molecule has 0 bridgehead atoms. The Kier molecular flexibility index (Phi) is 24.0. The van der Waals surface area contributed by atoms with E-state index in [9.17, 15) is 8.42 Å². The molecule has 0 atom stereocenters. The van der Waals surface area contributed by atoms with Gasteiger partial charge >= 0.3 is 9.15 Å². The molecular weight excluding hydrogens is 874 g/mol. The average molecular weight is 931 g/mol. The third kappa shape index (κ3) is 22.7. The van der Waals surface area contributed by atoms with Crippen LogP contribution in [0.1, 0.15) is 51.4 Å². The molecule has 0 heterocycles. The van der Waals surface area contributed by atoms with Crippen molar-refractivity contribution in [1.29, 1.82) is 0 Å². The number of unbranched alkanes of at least 4 members (excludes halogenated alkanes) is 4. The summed E-state index contributed by atoms with van der Waals surface area (Å²) in [5, 5.41) is 2.69. The molecule has 9 nitrogen and oxygen atoms in total. The van der Waals surface area contributed by atoms with Gasteiger partial charge in [0.05, 0.1) is 33.0 Å². The van der Waals surface area contributed by atoms with Gasteiger partial charge < -0.3 is 28.7 Å². The number of benzene rings is 4. The lowest BCUT2D eigenvalue weighted by Crippen LogP contribution is -2.31. The first-order valence-corrected chi connectivity index (χ1v) is 24.6. The molecule has 0 aliphatic carbocycles. The molecule has 4 rings (SSSR count). The van der Waals surface area contributed by atoms with Gasteiger partial charge in [-0.2, -0.15) is 8.42 Å². The van der Waals surface area contributed by atoms with Gasteiger partial charge in [0.1, 0.15) is 23.0 Å². The fraction of sp³-hybridized carbons (Fsp3) is 0.455. The summed E-state index contributed by atoms with van der Waals surface area (Å²) >= 11 is 23.9. The van der Waals surface area contributed by atoms with E-state index in [-0.39, 0.29) is 6.61 Å². The summed E-state index contributed by atoms with van der Waals surface area (Å²) in [5.74, 6) is 3.54. The van der Waals surface area contributed by atoms with Crippen LogP contribution in [0.5, 0.6) is 23.0 Å². The monoisotopic (exact) mass is 928 g/mol. The minimum atomic E-state index is -3.78. The van der Waals surface area contributed by atoms with E-state index < -0.39 is 9.15 Å². The maximum absolute atomic E-state index is 13.0. The summed E-state index contributed by atoms with van der Waals surface area (Å²) in [4.78, 5) is 4.56. The standard InChI is InChI=1S/C44H56Cl4N2O7S2/c45-37-9-17-41(18-10-37)53-31-5-1-25-49(26-2-6-32-54-42-19-11-38(46)12-20-42)29-35-57-59(51,52)58-36-30-50(27-3-7-33-55-43-21-13-39(47)14-22-43)28-4-8-34-56-44-23-15-40(48)16-24-44/h9-24H,1-8,25-36H2. The molecule has 0 saturated heterocycles. The normalized spacial score (nSPS) is 11.6. The average Bonchev–Trinajstić information content (AvgIpc) is 3.22. The smallest absolute Gasteiger partial charge is 0.322 e. The predicted octanol–water partition coefficient (Wildman–Crippen LogP) is 11.6. The van der Waals surface area contributed by atoms with E-state index >= 15 is 0 Å². The maximum atomic E-state index is 13.0. The van der Waals surface area contributed by atoms with Gasteiger partial charge in [0.2, 0.25) is 0 Å². The molecule has 0 N–H and O–H groups in total. The van der Waals surface area contributed by atoms with Crippen molar-refractivity contribution in [3.05, 3.63) is 117 Å². The van der Waals surface area contributed by atoms with Crippen molar-refractivity contribution in [3.63, 3.8) is 0 Å². The third-order valence-corrected chi connectivity index (χ3v) is 12.8. The molecule has 0 aliphatic heterocycles. The van der Waals surface area contributed by atoms with Crippen molar-refractivity contribution in [3.8, 4) is 23.0 Å². The lowest BCUT2D eigenvalue weighted by atomic mass is 10.2. The Labute approximate surface area is 375 Å². The Balaban J connectivity index is 1.18. The first-order chi connectivity index (χ1) is 28.6. The van der Waals surface area contributed by atoms with Gasteiger partial charge in [-0.15, -0.1) is 0 Å². The van der Waals surface area contributed by atoms with Gasteiger partial charge in [-0.3, -0.25) is 4.18 Å². The Morgan fingerprint density at radius 2 is 0.678 bits per heavy atom. The van der Waals surface area contributed by atoms with Crippen LogP contribution in [-0.4, -0.2) is 96.3 Å². The molecule has 4 aromatic rings. The molecule has 0 spiro atoms. The molecule has 0 unspecified atom stereocenters. The Bertz CT molecular complexity index is 1570. The van der Waals surface area contributed by atoms with Crippen molar-refractivity contribution in [2.45, 2.75) is 51.4 Å². The van der Waals surface area contributed by atoms with Gasteiger partial charge in [-0.05, 0) is 185 Å². The van der Waals surface area contributed by atoms with Crippen LogP contribution in [0.2, 0.25) is 20.1 Å². The second-order valence-corrected chi connectivity index (χ2v) is 19.1. The maximum Gasteiger partial charge on any atom is 0.322 e. The van der Waals surface area contributed by atoms with Crippen molar-refractivity contribution >= 4 is 66.3 Å². The number of rotatable bonds is 32. The van der Waals surface area contributed by atoms with E-state index in [1.165, 1.54) is 0 Å². The summed E-state index contributed by atoms with van der Waals surface area (Å²) in [6.45, 7) is 6.79. The van der Waals surface area contributed by atoms with Crippen LogP contribution in [0.4, 0.5) is 0 Å². The summed E-state index contributed by atoms with van der Waals surface area (Å²) in [6.07, 6.45) is 7.07. The van der Waals surface area contributed by atoms with Crippen LogP contribution in [0.15, 0.2) is 97.1 Å². The van der Waals surface area contributed by atoms with Crippen LogP contribution in [0, 0.1) is 0 Å². The zero-order valence-electron chi connectivity index (χ0n) is 33.5. The van der Waals surface area contributed by atoms with Crippen molar-refractivity contribution in [2.75, 3.05) is 78.1 Å². The van der Waals surface area contributed by atoms with Gasteiger partial charge in [-0.25, -0.2) is 0 Å². The molecule has 324 valence electrons. The van der Waals surface area contributed by atoms with Crippen LogP contribution >= 0.6 is 57.2 Å². The van der Waals surface area contributed by atoms with Crippen molar-refractivity contribution in [2.24, 2.45) is 0 Å². The van der Waals surface area contributed by atoms with Crippen LogP contribution in [0.3, 0.4) is 0 Å². The van der Waals surface area contributed by atoms with Gasteiger partial charge in [0.15, 0.2) is 0 Å². The second kappa shape index (κ2) is 28.9. The lowest BCUT2D eigenvalue weighted by molar-refractivity contribution is 0.199. The van der Waals surface area contributed by atoms with Crippen molar-refractivity contribution < 1.29 is 31.5 Å². The first kappa shape index (κ1) is 49.1. The topological polar surface area (TPSA) is 86.8 Å². The Hall–Kier alpha value is -2.58. The molecule has 0 aliphatic rings. The number of hydrogen-bond acceptors (Lipinski definition) is 10. The first-order valence-electron chi connectivity index (χ1n) is 20.2. The van der Waals surface area contributed by atoms with E-state index in [0.717, 1.165) is 111 Å². The van der Waals surface area contributed by atoms with E-state index in [1.807, 2.05) is 97.1 Å². The minimum Gasteiger partial charge on any atom is -0.494 e. The van der Waals surface area contributed by atoms with Gasteiger partial charge in [-0.1, -0.05) is 46.4 Å². The lowest BCUT2D eigenvalue weighted by Gasteiger charge is -2.23. The molecule has 0 aromatic heterocycles. The number of ether oxygens (including phenoxy) is 4. The highest BCUT2D eigenvalue weighted by Gasteiger charge is 2.16. The summed E-state index contributed by atoms with van der Waals surface area (Å²) in [7, 11) is -2.92. The zero-order chi connectivity index (χ0) is 42.0. The molecule has 15 heteroatoms. The molecule has 0 radical (unpaired) electrons. The van der Waals surface area contributed by atoms with Crippen LogP contribution in [0.25, 0.3) is 0 Å². The Morgan fingerprint density at radius 3 is 0.983 bits per heavy atom. The van der Waals surface area contributed by atoms with E-state index in [1.54, 1.807) is 0 Å². The summed E-state index contributed by atoms with van der Waals surface area (Å²) < 4.78 is 55.0. The van der Waals surface area contributed by atoms with Crippen molar-refractivity contribution in [1.82, 2.24) is 9.80 Å². The zero-order valence-corrected chi connectivity index (χ0v) is 38.1. The molecule has 0 fully saturated rings. The SMILES string of the molecule is O=S(=O)(OCCN(CCCCOc1ccc(Cl)cc1)CCCCOc1ccc(Cl)cc1)SCCN(CCCCOc1ccc(Cl)cc1)CCCCOc1ccc(Cl)cc1. The van der Waals surface area contributed by atoms with E-state index in [4.69, 9.17) is 69.5 Å². The van der Waals surface area contributed by atoms with Gasteiger partial charge in [0.25, 0.3) is 0 Å². The van der Waals surface area contributed by atoms with Gasteiger partial charge in [0, 0.05) is 38.9 Å². The molecule has 59 heavy (non-hydrogen) atoms. The van der Waals surface area contributed by atoms with Crippen LogP contribution < -0.4 is 18.9 Å². The highest BCUT2D eigenvalue weighted by atomic mass is 35.5. The Morgan fingerprint density at radius 1 is 0.390 bits per heavy atom. The minimum absolute atomic E-state index is 0.0861. The quantitative estimate of drug-likeness (QED) is 0.0348. The predicted molar refractivity (Wildman–Crippen MR) is 245 cm³/mol. The molecule has 0 saturated carbocycles. The largest absolute Gasteiger partial charge is 0.494 e. The number of halogens is 4. The summed E-state index contributed by atoms with van der Waals surface area (Å²) in [6, 6.07) is 29.4. The fourth-order valence-electron chi connectivity index (χ4n) is 5.87. The molecular formula is C44H56Cl4N2O7S2. The van der Waals surface area contributed by atoms with E-state index in [2.05, 4.69) is 9.80 Å². The third-order valence-electron chi connectivity index (χ3n) is 9.07. The number of hydrogen-bond donors (Lipinski definition) is 0.